The van der Waals surface area contributed by atoms with Gasteiger partial charge in [0.15, 0.2) is 6.61 Å². The van der Waals surface area contributed by atoms with Crippen molar-refractivity contribution < 1.29 is 19.1 Å². The second kappa shape index (κ2) is 8.86. The molecule has 7 heteroatoms. The van der Waals surface area contributed by atoms with Gasteiger partial charge < -0.3 is 14.6 Å². The molecule has 2 aliphatic rings. The van der Waals surface area contributed by atoms with Crippen molar-refractivity contribution in [3.63, 3.8) is 0 Å². The van der Waals surface area contributed by atoms with Crippen LogP contribution in [0.2, 0.25) is 0 Å². The molecule has 1 aliphatic heterocycles. The van der Waals surface area contributed by atoms with Gasteiger partial charge in [-0.2, -0.15) is 0 Å². The molecule has 1 saturated heterocycles. The first-order valence-corrected chi connectivity index (χ1v) is 11.0. The predicted octanol–water partition coefficient (Wildman–Crippen LogP) is 3.26. The first kappa shape index (κ1) is 19.8. The Morgan fingerprint density at radius 2 is 1.83 bits per heavy atom. The van der Waals surface area contributed by atoms with Gasteiger partial charge in [0, 0.05) is 29.7 Å². The van der Waals surface area contributed by atoms with Crippen LogP contribution in [0.4, 0.5) is 0 Å². The average molecular weight is 413 g/mol. The SMILES string of the molecule is O=C(CSc1ccc2c(c1)CCC2)OCC(=O)c1c[nH]c(C(=O)N2CCCC2)c1. The maximum absolute atomic E-state index is 12.3. The van der Waals surface area contributed by atoms with Crippen molar-refractivity contribution in [3.05, 3.63) is 52.8 Å². The van der Waals surface area contributed by atoms with E-state index in [0.717, 1.165) is 43.7 Å². The van der Waals surface area contributed by atoms with E-state index < -0.39 is 5.97 Å². The van der Waals surface area contributed by atoms with Crippen molar-refractivity contribution in [2.45, 2.75) is 37.0 Å². The molecular weight excluding hydrogens is 388 g/mol. The van der Waals surface area contributed by atoms with Crippen molar-refractivity contribution in [2.75, 3.05) is 25.4 Å². The number of fused-ring (bicyclic) bond motifs is 1. The zero-order valence-corrected chi connectivity index (χ0v) is 17.1. The Morgan fingerprint density at radius 1 is 1.03 bits per heavy atom. The topological polar surface area (TPSA) is 79.5 Å². The summed E-state index contributed by atoms with van der Waals surface area (Å²) in [6.07, 6.45) is 6.95. The summed E-state index contributed by atoms with van der Waals surface area (Å²) in [5.41, 5.74) is 3.52. The molecule has 0 unspecified atom stereocenters. The predicted molar refractivity (Wildman–Crippen MR) is 110 cm³/mol. The van der Waals surface area contributed by atoms with Crippen LogP contribution in [0.1, 0.15) is 51.2 Å². The van der Waals surface area contributed by atoms with Crippen molar-refractivity contribution in [3.8, 4) is 0 Å². The number of likely N-dealkylation sites (tertiary alicyclic amines) is 1. The van der Waals surface area contributed by atoms with Gasteiger partial charge in [0.2, 0.25) is 5.78 Å². The molecule has 4 rings (SSSR count). The minimum absolute atomic E-state index is 0.0932. The second-order valence-corrected chi connectivity index (χ2v) is 8.51. The van der Waals surface area contributed by atoms with E-state index >= 15 is 0 Å². The lowest BCUT2D eigenvalue weighted by atomic mass is 10.1. The highest BCUT2D eigenvalue weighted by Crippen LogP contribution is 2.27. The molecule has 2 aromatic rings. The van der Waals surface area contributed by atoms with Crippen LogP contribution in [0.3, 0.4) is 0 Å². The van der Waals surface area contributed by atoms with Crippen molar-refractivity contribution in [2.24, 2.45) is 0 Å². The first-order chi connectivity index (χ1) is 14.1. The van der Waals surface area contributed by atoms with Gasteiger partial charge in [-0.15, -0.1) is 11.8 Å². The molecule has 2 heterocycles. The molecule has 1 aromatic heterocycles. The molecule has 0 atom stereocenters. The lowest BCUT2D eigenvalue weighted by Crippen LogP contribution is -2.27. The van der Waals surface area contributed by atoms with Crippen LogP contribution in [0.25, 0.3) is 0 Å². The fraction of sp³-hybridized carbons (Fsp3) is 0.409. The molecule has 0 saturated carbocycles. The van der Waals surface area contributed by atoms with Gasteiger partial charge >= 0.3 is 5.97 Å². The number of aryl methyl sites for hydroxylation is 2. The molecule has 1 aromatic carbocycles. The standard InChI is InChI=1S/C22H24N2O4S/c25-20(17-11-19(23-12-17)22(27)24-8-1-2-9-24)13-28-21(26)14-29-18-7-6-15-4-3-5-16(15)10-18/h6-7,10-12,23H,1-5,8-9,13-14H2. The monoisotopic (exact) mass is 412 g/mol. The third kappa shape index (κ3) is 4.72. The number of hydrogen-bond donors (Lipinski definition) is 1. The first-order valence-electron chi connectivity index (χ1n) is 10.0. The quantitative estimate of drug-likeness (QED) is 0.429. The lowest BCUT2D eigenvalue weighted by molar-refractivity contribution is -0.139. The number of thioether (sulfide) groups is 1. The largest absolute Gasteiger partial charge is 0.457 e. The Bertz CT molecular complexity index is 931. The number of nitrogens with zero attached hydrogens (tertiary/aromatic N) is 1. The van der Waals surface area contributed by atoms with Gasteiger partial charge in [0.1, 0.15) is 5.69 Å². The highest BCUT2D eigenvalue weighted by atomic mass is 32.2. The zero-order valence-electron chi connectivity index (χ0n) is 16.2. The Hall–Kier alpha value is -2.54. The molecular formula is C22H24N2O4S. The summed E-state index contributed by atoms with van der Waals surface area (Å²) in [7, 11) is 0. The van der Waals surface area contributed by atoms with Crippen LogP contribution < -0.4 is 0 Å². The van der Waals surface area contributed by atoms with Gasteiger partial charge in [-0.1, -0.05) is 6.07 Å². The lowest BCUT2D eigenvalue weighted by Gasteiger charge is -2.13. The minimum atomic E-state index is -0.423. The molecule has 152 valence electrons. The number of nitrogens with one attached hydrogen (secondary N) is 1. The fourth-order valence-electron chi connectivity index (χ4n) is 3.82. The summed E-state index contributed by atoms with van der Waals surface area (Å²) >= 11 is 1.42. The summed E-state index contributed by atoms with van der Waals surface area (Å²) < 4.78 is 5.12. The molecule has 0 spiro atoms. The van der Waals surface area contributed by atoms with E-state index in [1.165, 1.54) is 41.6 Å². The van der Waals surface area contributed by atoms with Crippen molar-refractivity contribution in [1.82, 2.24) is 9.88 Å². The Morgan fingerprint density at radius 3 is 2.66 bits per heavy atom. The number of carbonyl (C=O) groups excluding carboxylic acids is 3. The number of amides is 1. The molecule has 1 amide bonds. The van der Waals surface area contributed by atoms with E-state index in [1.807, 2.05) is 6.07 Å². The Balaban J connectivity index is 1.24. The number of ketones is 1. The molecule has 29 heavy (non-hydrogen) atoms. The maximum atomic E-state index is 12.3. The number of hydrogen-bond acceptors (Lipinski definition) is 5. The normalized spacial score (nSPS) is 15.4. The van der Waals surface area contributed by atoms with Gasteiger partial charge in [-0.3, -0.25) is 14.4 Å². The van der Waals surface area contributed by atoms with Crippen LogP contribution >= 0.6 is 11.8 Å². The van der Waals surface area contributed by atoms with Crippen LogP contribution in [-0.4, -0.2) is 53.0 Å². The number of Topliss-reactive ketones (excluding diaryl/α,β-unsaturated/α-hetero) is 1. The molecule has 1 fully saturated rings. The van der Waals surface area contributed by atoms with Gasteiger partial charge in [-0.25, -0.2) is 0 Å². The Kier molecular flexibility index (Phi) is 6.04. The van der Waals surface area contributed by atoms with Gasteiger partial charge in [0.05, 0.1) is 5.75 Å². The number of ether oxygens (including phenoxy) is 1. The number of aromatic nitrogens is 1. The molecule has 1 N–H and O–H groups in total. The van der Waals surface area contributed by atoms with E-state index in [1.54, 1.807) is 4.90 Å². The number of rotatable bonds is 7. The minimum Gasteiger partial charge on any atom is -0.457 e. The van der Waals surface area contributed by atoms with Crippen LogP contribution in [0.15, 0.2) is 35.4 Å². The van der Waals surface area contributed by atoms with E-state index in [0.29, 0.717) is 11.3 Å². The summed E-state index contributed by atoms with van der Waals surface area (Å²) in [5.74, 6) is -0.674. The maximum Gasteiger partial charge on any atom is 0.316 e. The third-order valence-corrected chi connectivity index (χ3v) is 6.39. The van der Waals surface area contributed by atoms with Crippen molar-refractivity contribution >= 4 is 29.4 Å². The number of carbonyl (C=O) groups is 3. The molecule has 1 aliphatic carbocycles. The zero-order chi connectivity index (χ0) is 20.2. The van der Waals surface area contributed by atoms with Crippen LogP contribution in [-0.2, 0) is 22.4 Å². The van der Waals surface area contributed by atoms with E-state index in [2.05, 4.69) is 17.1 Å². The van der Waals surface area contributed by atoms with Crippen LogP contribution in [0.5, 0.6) is 0 Å². The van der Waals surface area contributed by atoms with Gasteiger partial charge in [-0.05, 0) is 61.4 Å². The molecule has 0 radical (unpaired) electrons. The second-order valence-electron chi connectivity index (χ2n) is 7.46. The fourth-order valence-corrected chi connectivity index (χ4v) is 4.58. The molecule has 0 bridgehead atoms. The molecule has 6 nitrogen and oxygen atoms in total. The summed E-state index contributed by atoms with van der Waals surface area (Å²) in [6, 6.07) is 7.85. The Labute approximate surface area is 174 Å². The van der Waals surface area contributed by atoms with E-state index in [4.69, 9.17) is 4.74 Å². The van der Waals surface area contributed by atoms with Gasteiger partial charge in [0.25, 0.3) is 5.91 Å². The number of esters is 1. The van der Waals surface area contributed by atoms with Crippen molar-refractivity contribution in [1.29, 1.82) is 0 Å². The smallest absolute Gasteiger partial charge is 0.316 e. The van der Waals surface area contributed by atoms with Crippen LogP contribution in [0, 0.1) is 0 Å². The third-order valence-electron chi connectivity index (χ3n) is 5.42. The summed E-state index contributed by atoms with van der Waals surface area (Å²) in [4.78, 5) is 42.3. The number of benzene rings is 1. The number of H-pyrrole nitrogens is 1. The summed E-state index contributed by atoms with van der Waals surface area (Å²) in [6.45, 7) is 1.18. The number of aromatic amines is 1. The van der Waals surface area contributed by atoms with E-state index in [9.17, 15) is 14.4 Å². The summed E-state index contributed by atoms with van der Waals surface area (Å²) in [5, 5.41) is 0. The van der Waals surface area contributed by atoms with E-state index in [-0.39, 0.29) is 24.1 Å². The highest BCUT2D eigenvalue weighted by molar-refractivity contribution is 8.00. The highest BCUT2D eigenvalue weighted by Gasteiger charge is 2.22. The average Bonchev–Trinajstić information content (AvgIpc) is 3.50.